The molecule has 0 atom stereocenters. The summed E-state index contributed by atoms with van der Waals surface area (Å²) in [6, 6.07) is 12.7. The number of guanidine groups is 1. The van der Waals surface area contributed by atoms with Crippen molar-refractivity contribution < 1.29 is 0 Å². The first-order valence-corrected chi connectivity index (χ1v) is 8.75. The third-order valence-electron chi connectivity index (χ3n) is 4.75. The highest BCUT2D eigenvalue weighted by Gasteiger charge is 2.22. The topological polar surface area (TPSA) is 44.9 Å². The van der Waals surface area contributed by atoms with Gasteiger partial charge in [0.05, 0.1) is 5.69 Å². The van der Waals surface area contributed by atoms with Crippen molar-refractivity contribution in [3.8, 4) is 0 Å². The van der Waals surface area contributed by atoms with E-state index in [0.717, 1.165) is 43.2 Å². The molecule has 26 heavy (non-hydrogen) atoms. The smallest absolute Gasteiger partial charge is 0.198 e. The summed E-state index contributed by atoms with van der Waals surface area (Å²) >= 11 is 0. The number of hydrogen-bond donors (Lipinski definition) is 1. The molecule has 6 heteroatoms. The van der Waals surface area contributed by atoms with Gasteiger partial charge in [-0.3, -0.25) is 4.99 Å². The van der Waals surface area contributed by atoms with E-state index in [9.17, 15) is 0 Å². The first-order valence-electron chi connectivity index (χ1n) is 8.75. The quantitative estimate of drug-likeness (QED) is 0.369. The van der Waals surface area contributed by atoms with E-state index in [1.165, 1.54) is 16.8 Å². The molecule has 0 radical (unpaired) electrons. The summed E-state index contributed by atoms with van der Waals surface area (Å²) in [5, 5.41) is 3.49. The number of nitrogens with one attached hydrogen (secondary N) is 1. The molecule has 2 aromatic heterocycles. The minimum absolute atomic E-state index is 0. The summed E-state index contributed by atoms with van der Waals surface area (Å²) in [5.74, 6) is 0.935. The Morgan fingerprint density at radius 2 is 2.08 bits per heavy atom. The molecule has 5 nitrogen and oxygen atoms in total. The van der Waals surface area contributed by atoms with Gasteiger partial charge in [0.1, 0.15) is 5.65 Å². The lowest BCUT2D eigenvalue weighted by Gasteiger charge is -2.22. The zero-order chi connectivity index (χ0) is 17.2. The largest absolute Gasteiger partial charge is 0.356 e. The Morgan fingerprint density at radius 3 is 2.88 bits per heavy atom. The van der Waals surface area contributed by atoms with Crippen LogP contribution in [0.3, 0.4) is 0 Å². The molecule has 0 aliphatic carbocycles. The van der Waals surface area contributed by atoms with E-state index in [1.54, 1.807) is 0 Å². The Bertz CT molecular complexity index is 931. The molecule has 1 N–H and O–H groups in total. The van der Waals surface area contributed by atoms with Crippen molar-refractivity contribution in [3.05, 3.63) is 65.6 Å². The number of aromatic nitrogens is 2. The molecule has 1 aliphatic rings. The number of imidazole rings is 1. The predicted molar refractivity (Wildman–Crippen MR) is 118 cm³/mol. The maximum absolute atomic E-state index is 4.74. The van der Waals surface area contributed by atoms with Gasteiger partial charge < -0.3 is 14.6 Å². The Kier molecular flexibility index (Phi) is 5.80. The van der Waals surface area contributed by atoms with Crippen molar-refractivity contribution in [3.63, 3.8) is 0 Å². The highest BCUT2D eigenvalue weighted by atomic mass is 127. The number of aryl methyl sites for hydroxylation is 1. The second-order valence-electron chi connectivity index (χ2n) is 6.41. The van der Waals surface area contributed by atoms with Gasteiger partial charge in [0, 0.05) is 44.6 Å². The minimum atomic E-state index is 0. The van der Waals surface area contributed by atoms with E-state index in [-0.39, 0.29) is 24.0 Å². The molecular formula is C20H24IN5. The molecule has 1 aliphatic heterocycles. The molecule has 0 unspecified atom stereocenters. The number of fused-ring (bicyclic) bond motifs is 2. The van der Waals surface area contributed by atoms with E-state index in [0.29, 0.717) is 0 Å². The van der Waals surface area contributed by atoms with Gasteiger partial charge in [0.2, 0.25) is 0 Å². The summed E-state index contributed by atoms with van der Waals surface area (Å²) in [5.41, 5.74) is 5.99. The molecule has 0 spiro atoms. The third kappa shape index (κ3) is 3.56. The fourth-order valence-electron chi connectivity index (χ4n) is 3.48. The fourth-order valence-corrected chi connectivity index (χ4v) is 3.48. The van der Waals surface area contributed by atoms with Crippen LogP contribution in [0.1, 0.15) is 16.8 Å². The summed E-state index contributed by atoms with van der Waals surface area (Å²) in [7, 11) is 1.84. The van der Waals surface area contributed by atoms with Crippen molar-refractivity contribution in [1.82, 2.24) is 14.7 Å². The molecule has 0 saturated heterocycles. The normalized spacial score (nSPS) is 13.6. The monoisotopic (exact) mass is 461 g/mol. The SMILES string of the molecule is CN=C(NCCc1cn2cccc(C)c2n1)N1CCc2ccccc21.I. The molecule has 0 amide bonds. The second kappa shape index (κ2) is 8.07. The zero-order valence-corrected chi connectivity index (χ0v) is 17.5. The van der Waals surface area contributed by atoms with E-state index >= 15 is 0 Å². The van der Waals surface area contributed by atoms with Gasteiger partial charge in [0.25, 0.3) is 0 Å². The standard InChI is InChI=1S/C20H23N5.HI/c1-15-6-5-12-24-14-17(23-19(15)24)9-11-22-20(21-2)25-13-10-16-7-3-4-8-18(16)25;/h3-8,12,14H,9-11,13H2,1-2H3,(H,21,22);1H. The highest BCUT2D eigenvalue weighted by Crippen LogP contribution is 2.27. The van der Waals surface area contributed by atoms with Gasteiger partial charge >= 0.3 is 0 Å². The maximum Gasteiger partial charge on any atom is 0.198 e. The summed E-state index contributed by atoms with van der Waals surface area (Å²) in [6.45, 7) is 3.89. The Morgan fingerprint density at radius 1 is 1.23 bits per heavy atom. The number of halogens is 1. The third-order valence-corrected chi connectivity index (χ3v) is 4.75. The van der Waals surface area contributed by atoms with Crippen LogP contribution in [0.15, 0.2) is 53.8 Å². The van der Waals surface area contributed by atoms with E-state index in [2.05, 4.69) is 69.1 Å². The van der Waals surface area contributed by atoms with Gasteiger partial charge in [0.15, 0.2) is 5.96 Å². The summed E-state index contributed by atoms with van der Waals surface area (Å²) in [6.07, 6.45) is 6.10. The highest BCUT2D eigenvalue weighted by molar-refractivity contribution is 14.0. The molecule has 0 fully saturated rings. The van der Waals surface area contributed by atoms with Crippen molar-refractivity contribution in [2.75, 3.05) is 25.0 Å². The van der Waals surface area contributed by atoms with Crippen LogP contribution in [0.2, 0.25) is 0 Å². The van der Waals surface area contributed by atoms with Crippen molar-refractivity contribution in [2.24, 2.45) is 4.99 Å². The van der Waals surface area contributed by atoms with Crippen LogP contribution in [0, 0.1) is 6.92 Å². The van der Waals surface area contributed by atoms with Crippen LogP contribution in [-0.4, -0.2) is 35.5 Å². The number of para-hydroxylation sites is 1. The lowest BCUT2D eigenvalue weighted by molar-refractivity contribution is 0.824. The molecule has 3 aromatic rings. The number of nitrogens with zero attached hydrogens (tertiary/aromatic N) is 4. The number of pyridine rings is 1. The summed E-state index contributed by atoms with van der Waals surface area (Å²) < 4.78 is 2.09. The Hall–Kier alpha value is -2.09. The summed E-state index contributed by atoms with van der Waals surface area (Å²) in [4.78, 5) is 11.5. The number of anilines is 1. The molecule has 4 rings (SSSR count). The fraction of sp³-hybridized carbons (Fsp3) is 0.300. The van der Waals surface area contributed by atoms with Gasteiger partial charge in [-0.25, -0.2) is 4.98 Å². The van der Waals surface area contributed by atoms with E-state index in [4.69, 9.17) is 4.98 Å². The van der Waals surface area contributed by atoms with Gasteiger partial charge in [-0.1, -0.05) is 24.3 Å². The van der Waals surface area contributed by atoms with Crippen LogP contribution >= 0.6 is 24.0 Å². The van der Waals surface area contributed by atoms with Crippen molar-refractivity contribution in [1.29, 1.82) is 0 Å². The Labute approximate surface area is 171 Å². The molecule has 136 valence electrons. The average Bonchev–Trinajstić information content (AvgIpc) is 3.24. The van der Waals surface area contributed by atoms with Crippen molar-refractivity contribution in [2.45, 2.75) is 19.8 Å². The van der Waals surface area contributed by atoms with Gasteiger partial charge in [-0.05, 0) is 36.6 Å². The average molecular weight is 461 g/mol. The van der Waals surface area contributed by atoms with Gasteiger partial charge in [-0.15, -0.1) is 24.0 Å². The molecule has 3 heterocycles. The predicted octanol–water partition coefficient (Wildman–Crippen LogP) is 3.44. The first-order chi connectivity index (χ1) is 12.3. The van der Waals surface area contributed by atoms with Crippen LogP contribution < -0.4 is 10.2 Å². The molecule has 1 aromatic carbocycles. The molecule has 0 saturated carbocycles. The first kappa shape index (κ1) is 18.7. The molecular weight excluding hydrogens is 437 g/mol. The van der Waals surface area contributed by atoms with Crippen molar-refractivity contribution >= 4 is 41.3 Å². The zero-order valence-electron chi connectivity index (χ0n) is 15.1. The second-order valence-corrected chi connectivity index (χ2v) is 6.41. The number of benzene rings is 1. The maximum atomic E-state index is 4.74. The number of aliphatic imine (C=N–C) groups is 1. The van der Waals surface area contributed by atoms with Crippen LogP contribution in [0.4, 0.5) is 5.69 Å². The number of rotatable bonds is 3. The van der Waals surface area contributed by atoms with Crippen LogP contribution in [0.25, 0.3) is 5.65 Å². The van der Waals surface area contributed by atoms with E-state index < -0.39 is 0 Å². The van der Waals surface area contributed by atoms with Crippen LogP contribution in [0.5, 0.6) is 0 Å². The molecule has 0 bridgehead atoms. The number of hydrogen-bond acceptors (Lipinski definition) is 2. The lowest BCUT2D eigenvalue weighted by Crippen LogP contribution is -2.41. The van der Waals surface area contributed by atoms with Crippen LogP contribution in [-0.2, 0) is 12.8 Å². The Balaban J connectivity index is 0.00000196. The minimum Gasteiger partial charge on any atom is -0.356 e. The van der Waals surface area contributed by atoms with E-state index in [1.807, 2.05) is 13.2 Å². The lowest BCUT2D eigenvalue weighted by atomic mass is 10.2. The van der Waals surface area contributed by atoms with Gasteiger partial charge in [-0.2, -0.15) is 0 Å².